The SMILES string of the molecule is [2H]c1c([2H])c([2H])c(N(C(=O)CC)C2CC[N+]([O-])(CCc3ccccc3)CC2)c([2H])c1[2H]. The van der Waals surface area contributed by atoms with E-state index in [0.29, 0.717) is 38.9 Å². The zero-order chi connectivity index (χ0) is 22.8. The van der Waals surface area contributed by atoms with E-state index in [0.717, 1.165) is 5.56 Å². The number of nitrogens with zero attached hydrogens (tertiary/aromatic N) is 2. The third-order valence-electron chi connectivity index (χ3n) is 5.05. The Morgan fingerprint density at radius 3 is 2.46 bits per heavy atom. The lowest BCUT2D eigenvalue weighted by atomic mass is 10.0. The molecular weight excluding hydrogens is 324 g/mol. The highest BCUT2D eigenvalue weighted by molar-refractivity contribution is 5.93. The maximum atomic E-state index is 13.2. The molecule has 0 aliphatic carbocycles. The minimum atomic E-state index is -0.484. The Balaban J connectivity index is 1.81. The number of anilines is 1. The highest BCUT2D eigenvalue weighted by atomic mass is 16.5. The molecule has 1 aliphatic rings. The van der Waals surface area contributed by atoms with Crippen molar-refractivity contribution in [3.63, 3.8) is 0 Å². The quantitative estimate of drug-likeness (QED) is 0.576. The molecule has 138 valence electrons. The number of hydrogen-bond donors (Lipinski definition) is 0. The van der Waals surface area contributed by atoms with Gasteiger partial charge in [0.1, 0.15) is 0 Å². The number of benzene rings is 2. The summed E-state index contributed by atoms with van der Waals surface area (Å²) in [5, 5.41) is 13.2. The van der Waals surface area contributed by atoms with Gasteiger partial charge in [0.05, 0.1) is 26.5 Å². The highest BCUT2D eigenvalue weighted by Gasteiger charge is 2.32. The van der Waals surface area contributed by atoms with Crippen molar-refractivity contribution in [2.45, 2.75) is 38.6 Å². The van der Waals surface area contributed by atoms with E-state index in [1.807, 2.05) is 30.3 Å². The van der Waals surface area contributed by atoms with Crippen molar-refractivity contribution in [3.05, 3.63) is 71.3 Å². The van der Waals surface area contributed by atoms with E-state index < -0.39 is 18.1 Å². The number of piperidine rings is 1. The van der Waals surface area contributed by atoms with Crippen LogP contribution in [-0.2, 0) is 11.2 Å². The van der Waals surface area contributed by atoms with E-state index in [-0.39, 0.29) is 40.8 Å². The first-order valence-corrected chi connectivity index (χ1v) is 9.18. The Morgan fingerprint density at radius 2 is 1.85 bits per heavy atom. The average Bonchev–Trinajstić information content (AvgIpc) is 2.79. The predicted octanol–water partition coefficient (Wildman–Crippen LogP) is 4.15. The smallest absolute Gasteiger partial charge is 0.226 e. The molecule has 2 aromatic carbocycles. The summed E-state index contributed by atoms with van der Waals surface area (Å²) in [6, 6.07) is 7.30. The normalized spacial score (nSPS) is 25.5. The Bertz CT molecular complexity index is 918. The minimum Gasteiger partial charge on any atom is -0.633 e. The number of rotatable bonds is 6. The summed E-state index contributed by atoms with van der Waals surface area (Å²) in [5.41, 5.74) is 1.03. The molecule has 0 bridgehead atoms. The van der Waals surface area contributed by atoms with Crippen molar-refractivity contribution in [3.8, 4) is 0 Å². The molecule has 1 amide bonds. The Kier molecular flexibility index (Phi) is 4.26. The van der Waals surface area contributed by atoms with Gasteiger partial charge in [-0.05, 0) is 17.6 Å². The number of carbonyl (C=O) groups excluding carboxylic acids is 1. The predicted molar refractivity (Wildman–Crippen MR) is 106 cm³/mol. The summed E-state index contributed by atoms with van der Waals surface area (Å²) in [5.74, 6) is -0.307. The molecule has 0 radical (unpaired) electrons. The molecule has 4 heteroatoms. The van der Waals surface area contributed by atoms with Crippen molar-refractivity contribution in [1.29, 1.82) is 0 Å². The van der Waals surface area contributed by atoms with Crippen molar-refractivity contribution in [2.75, 3.05) is 24.5 Å². The molecule has 2 aromatic rings. The Hall–Kier alpha value is -2.17. The fraction of sp³-hybridized carbons (Fsp3) is 0.409. The van der Waals surface area contributed by atoms with Crippen molar-refractivity contribution in [1.82, 2.24) is 0 Å². The number of hydrogen-bond acceptors (Lipinski definition) is 2. The molecule has 0 saturated carbocycles. The lowest BCUT2D eigenvalue weighted by molar-refractivity contribution is -0.885. The summed E-state index contributed by atoms with van der Waals surface area (Å²) in [6.07, 6.45) is 1.66. The number of likely N-dealkylation sites (tertiary alicyclic amines) is 1. The molecule has 0 spiro atoms. The van der Waals surface area contributed by atoms with Gasteiger partial charge < -0.3 is 14.8 Å². The topological polar surface area (TPSA) is 43.4 Å². The van der Waals surface area contributed by atoms with Gasteiger partial charge in [-0.25, -0.2) is 0 Å². The standard InChI is InChI=1S/C22H28N2O2/c1-2-22(25)23(20-11-7-4-8-12-20)21-14-17-24(26,18-15-21)16-13-19-9-5-3-6-10-19/h3-12,21H,2,13-18H2,1H3/i4D,7D,8D,11D,12D. The average molecular weight is 358 g/mol. The third-order valence-corrected chi connectivity index (χ3v) is 5.05. The first-order valence-electron chi connectivity index (χ1n) is 11.7. The first-order chi connectivity index (χ1) is 14.7. The van der Waals surface area contributed by atoms with E-state index in [4.69, 9.17) is 6.85 Å². The zero-order valence-corrected chi connectivity index (χ0v) is 15.1. The minimum absolute atomic E-state index is 0.0852. The second-order valence-corrected chi connectivity index (χ2v) is 6.79. The van der Waals surface area contributed by atoms with Crippen LogP contribution >= 0.6 is 0 Å². The fourth-order valence-corrected chi connectivity index (χ4v) is 3.53. The summed E-state index contributed by atoms with van der Waals surface area (Å²) in [7, 11) is 0. The molecule has 1 aliphatic heterocycles. The second-order valence-electron chi connectivity index (χ2n) is 6.79. The van der Waals surface area contributed by atoms with E-state index in [2.05, 4.69) is 0 Å². The van der Waals surface area contributed by atoms with Gasteiger partial charge in [0.15, 0.2) is 0 Å². The van der Waals surface area contributed by atoms with E-state index >= 15 is 0 Å². The lowest BCUT2D eigenvalue weighted by Gasteiger charge is -2.49. The maximum Gasteiger partial charge on any atom is 0.226 e. The van der Waals surface area contributed by atoms with Gasteiger partial charge in [-0.15, -0.1) is 0 Å². The summed E-state index contributed by atoms with van der Waals surface area (Å²) >= 11 is 0. The van der Waals surface area contributed by atoms with Crippen LogP contribution < -0.4 is 4.90 Å². The molecule has 1 saturated heterocycles. The van der Waals surface area contributed by atoms with Crippen LogP contribution in [0.25, 0.3) is 0 Å². The largest absolute Gasteiger partial charge is 0.633 e. The van der Waals surface area contributed by atoms with Crippen LogP contribution in [0.1, 0.15) is 38.6 Å². The first kappa shape index (κ1) is 13.1. The summed E-state index contributed by atoms with van der Waals surface area (Å²) < 4.78 is 39.9. The van der Waals surface area contributed by atoms with Crippen LogP contribution in [0.5, 0.6) is 0 Å². The molecular formula is C22H28N2O2. The zero-order valence-electron chi connectivity index (χ0n) is 20.1. The molecule has 0 N–H and O–H groups in total. The molecule has 1 fully saturated rings. The molecule has 4 nitrogen and oxygen atoms in total. The molecule has 0 unspecified atom stereocenters. The monoisotopic (exact) mass is 357 g/mol. The summed E-state index contributed by atoms with van der Waals surface area (Å²) in [6.45, 7) is 2.78. The molecule has 0 aromatic heterocycles. The van der Waals surface area contributed by atoms with Gasteiger partial charge in [-0.2, -0.15) is 0 Å². The van der Waals surface area contributed by atoms with Gasteiger partial charge in [0.2, 0.25) is 5.91 Å². The van der Waals surface area contributed by atoms with E-state index in [1.54, 1.807) is 6.92 Å². The lowest BCUT2D eigenvalue weighted by Crippen LogP contribution is -2.55. The van der Waals surface area contributed by atoms with Gasteiger partial charge in [0, 0.05) is 37.4 Å². The van der Waals surface area contributed by atoms with Gasteiger partial charge in [0.25, 0.3) is 0 Å². The number of quaternary nitrogens is 1. The maximum absolute atomic E-state index is 13.2. The number of hydroxylamine groups is 3. The summed E-state index contributed by atoms with van der Waals surface area (Å²) in [4.78, 5) is 14.2. The van der Waals surface area contributed by atoms with Crippen LogP contribution in [0, 0.1) is 5.21 Å². The van der Waals surface area contributed by atoms with Crippen LogP contribution in [-0.4, -0.2) is 36.2 Å². The van der Waals surface area contributed by atoms with Gasteiger partial charge in [-0.1, -0.05) is 55.4 Å². The molecule has 3 rings (SSSR count). The molecule has 0 atom stereocenters. The van der Waals surface area contributed by atoms with Crippen LogP contribution in [0.3, 0.4) is 0 Å². The molecule has 26 heavy (non-hydrogen) atoms. The molecule has 1 heterocycles. The van der Waals surface area contributed by atoms with Gasteiger partial charge in [-0.3, -0.25) is 4.79 Å². The number of amides is 1. The van der Waals surface area contributed by atoms with Crippen molar-refractivity contribution in [2.24, 2.45) is 0 Å². The van der Waals surface area contributed by atoms with E-state index in [1.165, 1.54) is 4.90 Å². The van der Waals surface area contributed by atoms with Crippen molar-refractivity contribution >= 4 is 11.6 Å². The van der Waals surface area contributed by atoms with Crippen molar-refractivity contribution < 1.29 is 16.3 Å². The van der Waals surface area contributed by atoms with Crippen LogP contribution in [0.2, 0.25) is 0 Å². The van der Waals surface area contributed by atoms with Crippen LogP contribution in [0.4, 0.5) is 5.69 Å². The Labute approximate surface area is 163 Å². The second kappa shape index (κ2) is 8.47. The Morgan fingerprint density at radius 1 is 1.19 bits per heavy atom. The fourth-order valence-electron chi connectivity index (χ4n) is 3.53. The number of carbonyl (C=O) groups is 1. The van der Waals surface area contributed by atoms with Gasteiger partial charge >= 0.3 is 0 Å². The van der Waals surface area contributed by atoms with E-state index in [9.17, 15) is 10.0 Å². The third kappa shape index (κ3) is 4.51. The number of para-hydroxylation sites is 1. The highest BCUT2D eigenvalue weighted by Crippen LogP contribution is 2.27. The van der Waals surface area contributed by atoms with Crippen LogP contribution in [0.15, 0.2) is 60.5 Å².